The number of aromatic nitrogens is 2. The molecule has 0 atom stereocenters. The van der Waals surface area contributed by atoms with Crippen molar-refractivity contribution >= 4 is 17.6 Å². The minimum absolute atomic E-state index is 0.152. The molecule has 0 aromatic carbocycles. The van der Waals surface area contributed by atoms with E-state index in [2.05, 4.69) is 15.3 Å². The summed E-state index contributed by atoms with van der Waals surface area (Å²) in [4.78, 5) is 36.6. The van der Waals surface area contributed by atoms with Gasteiger partial charge in [0.15, 0.2) is 5.76 Å². The Bertz CT molecular complexity index is 774. The van der Waals surface area contributed by atoms with Crippen molar-refractivity contribution < 1.29 is 14.0 Å². The molecule has 2 aromatic rings. The summed E-state index contributed by atoms with van der Waals surface area (Å²) < 4.78 is 5.15. The van der Waals surface area contributed by atoms with Gasteiger partial charge in [-0.05, 0) is 32.9 Å². The lowest BCUT2D eigenvalue weighted by Gasteiger charge is -2.34. The second-order valence-electron chi connectivity index (χ2n) is 7.23. The van der Waals surface area contributed by atoms with Gasteiger partial charge in [0.25, 0.3) is 11.8 Å². The van der Waals surface area contributed by atoms with Crippen LogP contribution in [0.25, 0.3) is 0 Å². The van der Waals surface area contributed by atoms with Crippen LogP contribution in [0.1, 0.15) is 41.8 Å². The highest BCUT2D eigenvalue weighted by Crippen LogP contribution is 2.15. The van der Waals surface area contributed by atoms with Crippen molar-refractivity contribution in [1.82, 2.24) is 19.8 Å². The van der Waals surface area contributed by atoms with Crippen LogP contribution in [0.4, 0.5) is 5.82 Å². The number of carbonyl (C=O) groups is 2. The third kappa shape index (κ3) is 4.19. The molecule has 3 rings (SSSR count). The van der Waals surface area contributed by atoms with E-state index >= 15 is 0 Å². The third-order valence-corrected chi connectivity index (χ3v) is 3.98. The molecule has 0 unspecified atom stereocenters. The van der Waals surface area contributed by atoms with Gasteiger partial charge >= 0.3 is 0 Å². The van der Waals surface area contributed by atoms with Crippen molar-refractivity contribution in [1.29, 1.82) is 0 Å². The van der Waals surface area contributed by atoms with E-state index in [0.29, 0.717) is 43.5 Å². The molecule has 0 aliphatic carbocycles. The van der Waals surface area contributed by atoms with Crippen molar-refractivity contribution in [2.75, 3.05) is 31.5 Å². The smallest absolute Gasteiger partial charge is 0.289 e. The van der Waals surface area contributed by atoms with Gasteiger partial charge in [0.2, 0.25) is 0 Å². The number of anilines is 1. The fraction of sp³-hybridized carbons (Fsp3) is 0.444. The fourth-order valence-electron chi connectivity index (χ4n) is 2.76. The summed E-state index contributed by atoms with van der Waals surface area (Å²) in [6, 6.07) is 4.99. The molecule has 1 aliphatic heterocycles. The molecule has 1 N–H and O–H groups in total. The maximum Gasteiger partial charge on any atom is 0.289 e. The van der Waals surface area contributed by atoms with Crippen LogP contribution in [0.2, 0.25) is 0 Å². The Labute approximate surface area is 152 Å². The van der Waals surface area contributed by atoms with Gasteiger partial charge in [-0.25, -0.2) is 9.97 Å². The lowest BCUT2D eigenvalue weighted by molar-refractivity contribution is 0.0515. The van der Waals surface area contributed by atoms with Crippen molar-refractivity contribution in [3.05, 3.63) is 42.2 Å². The monoisotopic (exact) mass is 357 g/mol. The predicted molar refractivity (Wildman–Crippen MR) is 95.9 cm³/mol. The van der Waals surface area contributed by atoms with Crippen LogP contribution >= 0.6 is 0 Å². The minimum Gasteiger partial charge on any atom is -0.459 e. The van der Waals surface area contributed by atoms with E-state index in [1.807, 2.05) is 20.8 Å². The van der Waals surface area contributed by atoms with Gasteiger partial charge in [0, 0.05) is 37.8 Å². The molecule has 8 heteroatoms. The van der Waals surface area contributed by atoms with Crippen molar-refractivity contribution in [2.24, 2.45) is 0 Å². The Morgan fingerprint density at radius 2 is 1.73 bits per heavy atom. The number of rotatable bonds is 3. The van der Waals surface area contributed by atoms with Crippen LogP contribution in [-0.4, -0.2) is 63.3 Å². The first kappa shape index (κ1) is 17.9. The summed E-state index contributed by atoms with van der Waals surface area (Å²) in [6.45, 7) is 7.89. The van der Waals surface area contributed by atoms with Crippen molar-refractivity contribution in [2.45, 2.75) is 26.3 Å². The molecule has 8 nitrogen and oxygen atoms in total. The maximum absolute atomic E-state index is 12.7. The second kappa shape index (κ2) is 7.15. The summed E-state index contributed by atoms with van der Waals surface area (Å²) in [5, 5.41) is 3.23. The number of hydrogen-bond donors (Lipinski definition) is 1. The quantitative estimate of drug-likeness (QED) is 0.902. The van der Waals surface area contributed by atoms with E-state index in [1.54, 1.807) is 28.0 Å². The zero-order valence-electron chi connectivity index (χ0n) is 15.2. The Morgan fingerprint density at radius 3 is 2.31 bits per heavy atom. The first-order valence-electron chi connectivity index (χ1n) is 8.56. The fourth-order valence-corrected chi connectivity index (χ4v) is 2.76. The van der Waals surface area contributed by atoms with Gasteiger partial charge in [0.05, 0.1) is 6.26 Å². The standard InChI is InChI=1S/C18H23N5O3/c1-18(2,3)21-15-11-13(19-12-20-15)16(24)22-6-8-23(9-7-22)17(25)14-5-4-10-26-14/h4-5,10-12H,6-9H2,1-3H3,(H,19,20,21). The average Bonchev–Trinajstić information content (AvgIpc) is 3.14. The number of carbonyl (C=O) groups excluding carboxylic acids is 2. The van der Waals surface area contributed by atoms with Crippen LogP contribution in [0, 0.1) is 0 Å². The second-order valence-corrected chi connectivity index (χ2v) is 7.23. The van der Waals surface area contributed by atoms with Crippen molar-refractivity contribution in [3.8, 4) is 0 Å². The van der Waals surface area contributed by atoms with Gasteiger partial charge < -0.3 is 19.5 Å². The number of nitrogens with zero attached hydrogens (tertiary/aromatic N) is 4. The number of piperazine rings is 1. The van der Waals surface area contributed by atoms with Crippen LogP contribution in [0.5, 0.6) is 0 Å². The zero-order valence-corrected chi connectivity index (χ0v) is 15.2. The molecular formula is C18H23N5O3. The van der Waals surface area contributed by atoms with Gasteiger partial charge in [-0.15, -0.1) is 0 Å². The van der Waals surface area contributed by atoms with Crippen molar-refractivity contribution in [3.63, 3.8) is 0 Å². The Morgan fingerprint density at radius 1 is 1.08 bits per heavy atom. The number of amides is 2. The molecule has 26 heavy (non-hydrogen) atoms. The molecule has 0 bridgehead atoms. The Balaban J connectivity index is 1.62. The van der Waals surface area contributed by atoms with Gasteiger partial charge in [0.1, 0.15) is 17.8 Å². The van der Waals surface area contributed by atoms with E-state index < -0.39 is 0 Å². The molecule has 1 aliphatic rings. The zero-order chi connectivity index (χ0) is 18.7. The van der Waals surface area contributed by atoms with E-state index in [4.69, 9.17) is 4.42 Å². The maximum atomic E-state index is 12.7. The minimum atomic E-state index is -0.160. The number of hydrogen-bond acceptors (Lipinski definition) is 6. The van der Waals surface area contributed by atoms with Crippen LogP contribution < -0.4 is 5.32 Å². The normalized spacial score (nSPS) is 15.0. The summed E-state index contributed by atoms with van der Waals surface area (Å²) in [5.41, 5.74) is 0.185. The SMILES string of the molecule is CC(C)(C)Nc1cc(C(=O)N2CCN(C(=O)c3ccco3)CC2)ncn1. The highest BCUT2D eigenvalue weighted by molar-refractivity contribution is 5.94. The summed E-state index contributed by atoms with van der Waals surface area (Å²) in [7, 11) is 0. The van der Waals surface area contributed by atoms with Crippen LogP contribution in [-0.2, 0) is 0 Å². The highest BCUT2D eigenvalue weighted by Gasteiger charge is 2.27. The molecule has 3 heterocycles. The Hall–Kier alpha value is -2.90. The molecule has 2 amide bonds. The highest BCUT2D eigenvalue weighted by atomic mass is 16.3. The van der Waals surface area contributed by atoms with E-state index in [0.717, 1.165) is 0 Å². The van der Waals surface area contributed by atoms with E-state index in [-0.39, 0.29) is 17.4 Å². The van der Waals surface area contributed by atoms with E-state index in [9.17, 15) is 9.59 Å². The number of furan rings is 1. The molecule has 2 aromatic heterocycles. The molecule has 1 saturated heterocycles. The Kier molecular flexibility index (Phi) is 4.92. The summed E-state index contributed by atoms with van der Waals surface area (Å²) in [6.07, 6.45) is 2.86. The van der Waals surface area contributed by atoms with E-state index in [1.165, 1.54) is 12.6 Å². The third-order valence-electron chi connectivity index (χ3n) is 3.98. The van der Waals surface area contributed by atoms with Crippen LogP contribution in [0.15, 0.2) is 35.2 Å². The summed E-state index contributed by atoms with van der Waals surface area (Å²) >= 11 is 0. The molecule has 138 valence electrons. The first-order valence-corrected chi connectivity index (χ1v) is 8.56. The average molecular weight is 357 g/mol. The number of nitrogens with one attached hydrogen (secondary N) is 1. The van der Waals surface area contributed by atoms with Gasteiger partial charge in [-0.2, -0.15) is 0 Å². The molecule has 0 saturated carbocycles. The lowest BCUT2D eigenvalue weighted by Crippen LogP contribution is -2.50. The molecule has 1 fully saturated rings. The molecule has 0 spiro atoms. The largest absolute Gasteiger partial charge is 0.459 e. The molecule has 0 radical (unpaired) electrons. The predicted octanol–water partition coefficient (Wildman–Crippen LogP) is 1.88. The first-order chi connectivity index (χ1) is 12.3. The van der Waals surface area contributed by atoms with Gasteiger partial charge in [-0.3, -0.25) is 9.59 Å². The molecular weight excluding hydrogens is 334 g/mol. The lowest BCUT2D eigenvalue weighted by atomic mass is 10.1. The van der Waals surface area contributed by atoms with Gasteiger partial charge in [-0.1, -0.05) is 0 Å². The topological polar surface area (TPSA) is 91.6 Å². The van der Waals surface area contributed by atoms with Crippen LogP contribution in [0.3, 0.4) is 0 Å². The summed E-state index contributed by atoms with van der Waals surface area (Å²) in [5.74, 6) is 0.621.